The number of hydrogen-bond donors (Lipinski definition) is 1. The Morgan fingerprint density at radius 3 is 2.81 bits per heavy atom. The Morgan fingerprint density at radius 2 is 2.12 bits per heavy atom. The van der Waals surface area contributed by atoms with Crippen molar-refractivity contribution in [1.29, 1.82) is 0 Å². The number of anilines is 1. The SMILES string of the molecule is CCOCCOC(=O)c1cccc(N)c1C. The molecule has 1 aromatic rings. The van der Waals surface area contributed by atoms with Gasteiger partial charge in [-0.1, -0.05) is 6.07 Å². The number of benzene rings is 1. The lowest BCUT2D eigenvalue weighted by Crippen LogP contribution is -2.12. The second-order valence-electron chi connectivity index (χ2n) is 3.35. The highest BCUT2D eigenvalue weighted by Gasteiger charge is 2.11. The first-order valence-electron chi connectivity index (χ1n) is 5.26. The molecule has 0 aliphatic heterocycles. The topological polar surface area (TPSA) is 61.5 Å². The predicted molar refractivity (Wildman–Crippen MR) is 62.4 cm³/mol. The van der Waals surface area contributed by atoms with E-state index in [4.69, 9.17) is 15.2 Å². The van der Waals surface area contributed by atoms with Crippen LogP contribution in [0, 0.1) is 6.92 Å². The maximum absolute atomic E-state index is 11.6. The molecule has 0 saturated carbocycles. The molecule has 0 saturated heterocycles. The van der Waals surface area contributed by atoms with E-state index in [1.807, 2.05) is 6.92 Å². The summed E-state index contributed by atoms with van der Waals surface area (Å²) in [6, 6.07) is 5.20. The van der Waals surface area contributed by atoms with E-state index in [0.717, 1.165) is 5.56 Å². The Hall–Kier alpha value is -1.55. The van der Waals surface area contributed by atoms with Gasteiger partial charge in [-0.05, 0) is 31.5 Å². The summed E-state index contributed by atoms with van der Waals surface area (Å²) < 4.78 is 10.1. The molecule has 0 unspecified atom stereocenters. The normalized spacial score (nSPS) is 10.1. The van der Waals surface area contributed by atoms with Crippen LogP contribution in [0.3, 0.4) is 0 Å². The fraction of sp³-hybridized carbons (Fsp3) is 0.417. The number of hydrogen-bond acceptors (Lipinski definition) is 4. The molecule has 2 N–H and O–H groups in total. The van der Waals surface area contributed by atoms with Crippen molar-refractivity contribution >= 4 is 11.7 Å². The van der Waals surface area contributed by atoms with Crippen molar-refractivity contribution in [2.24, 2.45) is 0 Å². The number of ether oxygens (including phenoxy) is 2. The van der Waals surface area contributed by atoms with E-state index in [9.17, 15) is 4.79 Å². The van der Waals surface area contributed by atoms with E-state index in [1.165, 1.54) is 0 Å². The third-order valence-corrected chi connectivity index (χ3v) is 2.26. The molecule has 88 valence electrons. The third-order valence-electron chi connectivity index (χ3n) is 2.26. The zero-order chi connectivity index (χ0) is 12.0. The average Bonchev–Trinajstić information content (AvgIpc) is 2.28. The first-order valence-corrected chi connectivity index (χ1v) is 5.26. The van der Waals surface area contributed by atoms with E-state index in [-0.39, 0.29) is 12.6 Å². The lowest BCUT2D eigenvalue weighted by Gasteiger charge is -2.08. The van der Waals surface area contributed by atoms with E-state index in [0.29, 0.717) is 24.5 Å². The molecule has 0 heterocycles. The lowest BCUT2D eigenvalue weighted by molar-refractivity contribution is 0.0335. The summed E-state index contributed by atoms with van der Waals surface area (Å²) in [5.41, 5.74) is 7.56. The Bertz CT molecular complexity index is 363. The summed E-state index contributed by atoms with van der Waals surface area (Å²) in [6.07, 6.45) is 0. The van der Waals surface area contributed by atoms with Crippen LogP contribution in [0.5, 0.6) is 0 Å². The van der Waals surface area contributed by atoms with Gasteiger partial charge in [0.1, 0.15) is 6.61 Å². The van der Waals surface area contributed by atoms with Crippen LogP contribution in [0.4, 0.5) is 5.69 Å². The number of carbonyl (C=O) groups is 1. The highest BCUT2D eigenvalue weighted by Crippen LogP contribution is 2.16. The predicted octanol–water partition coefficient (Wildman–Crippen LogP) is 1.77. The first kappa shape index (κ1) is 12.5. The molecule has 0 fully saturated rings. The Kier molecular flexibility index (Phi) is 4.79. The fourth-order valence-electron chi connectivity index (χ4n) is 1.29. The Labute approximate surface area is 95.3 Å². The van der Waals surface area contributed by atoms with Crippen LogP contribution < -0.4 is 5.73 Å². The van der Waals surface area contributed by atoms with Crippen molar-refractivity contribution in [3.63, 3.8) is 0 Å². The summed E-state index contributed by atoms with van der Waals surface area (Å²) >= 11 is 0. The molecule has 0 atom stereocenters. The third kappa shape index (κ3) is 3.24. The standard InChI is InChI=1S/C12H17NO3/c1-3-15-7-8-16-12(14)10-5-4-6-11(13)9(10)2/h4-6H,3,7-8,13H2,1-2H3. The zero-order valence-electron chi connectivity index (χ0n) is 9.66. The molecule has 16 heavy (non-hydrogen) atoms. The molecule has 0 aliphatic carbocycles. The zero-order valence-corrected chi connectivity index (χ0v) is 9.66. The van der Waals surface area contributed by atoms with Crippen LogP contribution in [0.25, 0.3) is 0 Å². The molecule has 4 nitrogen and oxygen atoms in total. The second kappa shape index (κ2) is 6.12. The highest BCUT2D eigenvalue weighted by molar-refractivity contribution is 5.92. The molecule has 0 amide bonds. The highest BCUT2D eigenvalue weighted by atomic mass is 16.6. The maximum atomic E-state index is 11.6. The summed E-state index contributed by atoms with van der Waals surface area (Å²) in [5.74, 6) is -0.357. The molecular weight excluding hydrogens is 206 g/mol. The van der Waals surface area contributed by atoms with Crippen molar-refractivity contribution in [3.8, 4) is 0 Å². The van der Waals surface area contributed by atoms with Gasteiger partial charge in [-0.3, -0.25) is 0 Å². The minimum absolute atomic E-state index is 0.265. The van der Waals surface area contributed by atoms with E-state index < -0.39 is 0 Å². The van der Waals surface area contributed by atoms with Crippen molar-refractivity contribution in [3.05, 3.63) is 29.3 Å². The molecule has 0 radical (unpaired) electrons. The van der Waals surface area contributed by atoms with Crippen LogP contribution in [0.15, 0.2) is 18.2 Å². The molecule has 0 bridgehead atoms. The summed E-state index contributed by atoms with van der Waals surface area (Å²) in [5, 5.41) is 0. The molecule has 1 aromatic carbocycles. The maximum Gasteiger partial charge on any atom is 0.338 e. The van der Waals surface area contributed by atoms with Gasteiger partial charge in [-0.25, -0.2) is 4.79 Å². The smallest absolute Gasteiger partial charge is 0.338 e. The Balaban J connectivity index is 2.56. The van der Waals surface area contributed by atoms with Crippen LogP contribution in [-0.2, 0) is 9.47 Å². The molecule has 4 heteroatoms. The summed E-state index contributed by atoms with van der Waals surface area (Å²) in [6.45, 7) is 5.00. The number of nitrogens with two attached hydrogens (primary N) is 1. The largest absolute Gasteiger partial charge is 0.460 e. The van der Waals surface area contributed by atoms with Crippen molar-refractivity contribution in [2.45, 2.75) is 13.8 Å². The minimum Gasteiger partial charge on any atom is -0.460 e. The molecule has 0 aromatic heterocycles. The number of esters is 1. The van der Waals surface area contributed by atoms with Gasteiger partial charge in [0, 0.05) is 12.3 Å². The number of rotatable bonds is 5. The van der Waals surface area contributed by atoms with Crippen LogP contribution >= 0.6 is 0 Å². The van der Waals surface area contributed by atoms with Crippen molar-refractivity contribution in [1.82, 2.24) is 0 Å². The molecule has 0 spiro atoms. The van der Waals surface area contributed by atoms with Crippen LogP contribution in [0.2, 0.25) is 0 Å². The van der Waals surface area contributed by atoms with Crippen LogP contribution in [-0.4, -0.2) is 25.8 Å². The fourth-order valence-corrected chi connectivity index (χ4v) is 1.29. The van der Waals surface area contributed by atoms with Crippen molar-refractivity contribution < 1.29 is 14.3 Å². The van der Waals surface area contributed by atoms with Gasteiger partial charge in [-0.15, -0.1) is 0 Å². The van der Waals surface area contributed by atoms with Gasteiger partial charge in [0.15, 0.2) is 0 Å². The van der Waals surface area contributed by atoms with Gasteiger partial charge < -0.3 is 15.2 Å². The second-order valence-corrected chi connectivity index (χ2v) is 3.35. The van der Waals surface area contributed by atoms with Gasteiger partial charge in [0.05, 0.1) is 12.2 Å². The van der Waals surface area contributed by atoms with Gasteiger partial charge in [0.2, 0.25) is 0 Å². The number of nitrogen functional groups attached to an aromatic ring is 1. The van der Waals surface area contributed by atoms with Gasteiger partial charge in [0.25, 0.3) is 0 Å². The molecule has 1 rings (SSSR count). The van der Waals surface area contributed by atoms with E-state index in [2.05, 4.69) is 0 Å². The first-order chi connectivity index (χ1) is 7.66. The van der Waals surface area contributed by atoms with Crippen molar-refractivity contribution in [2.75, 3.05) is 25.6 Å². The van der Waals surface area contributed by atoms with E-state index >= 15 is 0 Å². The van der Waals surface area contributed by atoms with Gasteiger partial charge >= 0.3 is 5.97 Å². The van der Waals surface area contributed by atoms with Gasteiger partial charge in [-0.2, -0.15) is 0 Å². The Morgan fingerprint density at radius 1 is 1.38 bits per heavy atom. The molecular formula is C12H17NO3. The average molecular weight is 223 g/mol. The quantitative estimate of drug-likeness (QED) is 0.469. The number of carbonyl (C=O) groups excluding carboxylic acids is 1. The summed E-state index contributed by atoms with van der Waals surface area (Å²) in [7, 11) is 0. The summed E-state index contributed by atoms with van der Waals surface area (Å²) in [4.78, 5) is 11.6. The van der Waals surface area contributed by atoms with E-state index in [1.54, 1.807) is 25.1 Å². The monoisotopic (exact) mass is 223 g/mol. The lowest BCUT2D eigenvalue weighted by atomic mass is 10.1. The van der Waals surface area contributed by atoms with Crippen LogP contribution in [0.1, 0.15) is 22.8 Å². The minimum atomic E-state index is -0.357. The molecule has 0 aliphatic rings.